The van der Waals surface area contributed by atoms with Gasteiger partial charge < -0.3 is 14.2 Å². The van der Waals surface area contributed by atoms with E-state index in [2.05, 4.69) is 0 Å². The third-order valence-corrected chi connectivity index (χ3v) is 9.38. The Morgan fingerprint density at radius 2 is 0.524 bits per heavy atom. The molecule has 7 aromatic carbocycles. The molecule has 7 rings (SSSR count). The van der Waals surface area contributed by atoms with E-state index in [1.165, 1.54) is 72.8 Å². The highest BCUT2D eigenvalue weighted by molar-refractivity contribution is 6.08. The average molecular weight is 829 g/mol. The van der Waals surface area contributed by atoms with Crippen LogP contribution in [0.15, 0.2) is 200 Å². The van der Waals surface area contributed by atoms with Crippen molar-refractivity contribution in [3.63, 3.8) is 0 Å². The van der Waals surface area contributed by atoms with Gasteiger partial charge in [-0.3, -0.25) is 14.4 Å². The lowest BCUT2D eigenvalue weighted by molar-refractivity contribution is 0.0728. The van der Waals surface area contributed by atoms with Crippen LogP contribution < -0.4 is 14.2 Å². The van der Waals surface area contributed by atoms with Crippen LogP contribution in [0.4, 0.5) is 0 Å². The summed E-state index contributed by atoms with van der Waals surface area (Å²) < 4.78 is 17.0. The molecular formula is C54H36O9. The first-order valence-electron chi connectivity index (χ1n) is 19.6. The number of carbonyl (C=O) groups excluding carboxylic acids is 6. The van der Waals surface area contributed by atoms with Crippen molar-refractivity contribution in [1.82, 2.24) is 0 Å². The molecule has 9 heteroatoms. The van der Waals surface area contributed by atoms with Gasteiger partial charge in [-0.25, -0.2) is 14.4 Å². The van der Waals surface area contributed by atoms with E-state index in [0.29, 0.717) is 33.4 Å². The fourth-order valence-corrected chi connectivity index (χ4v) is 6.02. The van der Waals surface area contributed by atoms with Crippen molar-refractivity contribution in [3.05, 3.63) is 250 Å². The first kappa shape index (κ1) is 42.3. The molecular weight excluding hydrogens is 793 g/mol. The highest BCUT2D eigenvalue weighted by Gasteiger charge is 2.17. The summed E-state index contributed by atoms with van der Waals surface area (Å²) in [6, 6.07) is 49.5. The van der Waals surface area contributed by atoms with Gasteiger partial charge in [0.1, 0.15) is 17.2 Å². The van der Waals surface area contributed by atoms with Crippen LogP contribution in [0, 0.1) is 0 Å². The number of benzene rings is 7. The van der Waals surface area contributed by atoms with E-state index in [9.17, 15) is 28.8 Å². The van der Waals surface area contributed by atoms with Gasteiger partial charge in [0.25, 0.3) is 0 Å². The van der Waals surface area contributed by atoms with E-state index in [0.717, 1.165) is 0 Å². The van der Waals surface area contributed by atoms with Gasteiger partial charge in [-0.15, -0.1) is 0 Å². The van der Waals surface area contributed by atoms with Crippen LogP contribution >= 0.6 is 0 Å². The van der Waals surface area contributed by atoms with Crippen molar-refractivity contribution in [1.29, 1.82) is 0 Å². The molecule has 0 heterocycles. The van der Waals surface area contributed by atoms with Gasteiger partial charge in [0, 0.05) is 34.9 Å². The fourth-order valence-electron chi connectivity index (χ4n) is 6.02. The predicted octanol–water partition coefficient (Wildman–Crippen LogP) is 11.0. The normalized spacial score (nSPS) is 11.0. The molecule has 0 radical (unpaired) electrons. The number of hydrogen-bond acceptors (Lipinski definition) is 9. The van der Waals surface area contributed by atoms with Gasteiger partial charge in [0.2, 0.25) is 0 Å². The zero-order valence-electron chi connectivity index (χ0n) is 33.5. The first-order valence-corrected chi connectivity index (χ1v) is 19.6. The number of esters is 3. The van der Waals surface area contributed by atoms with Crippen LogP contribution in [0.5, 0.6) is 17.2 Å². The van der Waals surface area contributed by atoms with Crippen LogP contribution in [-0.2, 0) is 0 Å². The fraction of sp³-hybridized carbons (Fsp3) is 0. The summed E-state index contributed by atoms with van der Waals surface area (Å²) in [5.41, 5.74) is 4.21. The lowest BCUT2D eigenvalue weighted by Gasteiger charge is -2.12. The molecule has 0 aliphatic carbocycles. The van der Waals surface area contributed by atoms with Gasteiger partial charge in [-0.05, 0) is 71.3 Å². The number of allylic oxidation sites excluding steroid dienone is 3. The summed E-state index contributed by atoms with van der Waals surface area (Å²) in [5.74, 6) is -3.02. The molecule has 0 aliphatic heterocycles. The quantitative estimate of drug-likeness (QED) is 0.0429. The molecule has 0 bridgehead atoms. The number of carbonyl (C=O) groups is 6. The van der Waals surface area contributed by atoms with E-state index >= 15 is 0 Å². The lowest BCUT2D eigenvalue weighted by atomic mass is 10.1. The molecule has 0 aliphatic rings. The SMILES string of the molecule is O=C(/C=C/c1ccc(C(=O)Oc2cc(OC(=O)c3ccc(/C=C/C(=O)c4ccccc4)cc3)cc(OC(=O)c3ccc(/C=C/C(=O)c4ccccc4)cc3)c2)cc1)c1ccccc1. The molecule has 0 fully saturated rings. The van der Waals surface area contributed by atoms with Crippen LogP contribution in [0.3, 0.4) is 0 Å². The third-order valence-electron chi connectivity index (χ3n) is 9.38. The summed E-state index contributed by atoms with van der Waals surface area (Å²) in [4.78, 5) is 77.5. The molecule has 0 saturated carbocycles. The van der Waals surface area contributed by atoms with E-state index in [-0.39, 0.29) is 51.3 Å². The highest BCUT2D eigenvalue weighted by atomic mass is 16.6. The number of ketones is 3. The minimum atomic E-state index is -0.754. The van der Waals surface area contributed by atoms with Gasteiger partial charge >= 0.3 is 17.9 Å². The molecule has 0 saturated heterocycles. The molecule has 0 spiro atoms. The summed E-state index contributed by atoms with van der Waals surface area (Å²) in [6.45, 7) is 0. The van der Waals surface area contributed by atoms with Crippen molar-refractivity contribution in [2.75, 3.05) is 0 Å². The summed E-state index contributed by atoms with van der Waals surface area (Å²) in [7, 11) is 0. The van der Waals surface area contributed by atoms with E-state index < -0.39 is 17.9 Å². The van der Waals surface area contributed by atoms with Crippen LogP contribution in [0.1, 0.15) is 78.8 Å². The predicted molar refractivity (Wildman–Crippen MR) is 240 cm³/mol. The van der Waals surface area contributed by atoms with Gasteiger partial charge in [-0.1, -0.05) is 146 Å². The smallest absolute Gasteiger partial charge is 0.343 e. The van der Waals surface area contributed by atoms with Crippen LogP contribution in [0.2, 0.25) is 0 Å². The number of rotatable bonds is 15. The first-order chi connectivity index (χ1) is 30.7. The Morgan fingerprint density at radius 3 is 0.762 bits per heavy atom. The number of ether oxygens (including phenoxy) is 3. The molecule has 306 valence electrons. The van der Waals surface area contributed by atoms with Crippen molar-refractivity contribution >= 4 is 53.5 Å². The molecule has 0 unspecified atom stereocenters. The van der Waals surface area contributed by atoms with Crippen molar-refractivity contribution < 1.29 is 43.0 Å². The summed E-state index contributed by atoms with van der Waals surface area (Å²) in [5, 5.41) is 0. The summed E-state index contributed by atoms with van der Waals surface area (Å²) in [6.07, 6.45) is 9.24. The zero-order chi connectivity index (χ0) is 44.0. The largest absolute Gasteiger partial charge is 0.423 e. The molecule has 9 nitrogen and oxygen atoms in total. The topological polar surface area (TPSA) is 130 Å². The maximum absolute atomic E-state index is 13.3. The third kappa shape index (κ3) is 11.9. The standard InChI is InChI=1S/C54H36O9/c55-49(40-10-4-1-5-11-40)31-22-37-16-25-43(26-17-37)52(58)61-46-34-47(62-53(59)44-27-18-38(19-28-44)23-32-50(56)41-12-6-2-7-13-41)36-48(35-46)63-54(60)45-29-20-39(21-30-45)24-33-51(57)42-14-8-3-9-15-42/h1-36H/b31-22+,32-23+,33-24+. The Labute approximate surface area is 362 Å². The van der Waals surface area contributed by atoms with E-state index in [1.54, 1.807) is 127 Å². The Hall–Kier alpha value is -8.82. The number of hydrogen-bond donors (Lipinski definition) is 0. The Bertz CT molecular complexity index is 2530. The van der Waals surface area contributed by atoms with E-state index in [1.807, 2.05) is 18.2 Å². The maximum Gasteiger partial charge on any atom is 0.343 e. The minimum absolute atomic E-state index is 0.0855. The zero-order valence-corrected chi connectivity index (χ0v) is 33.5. The molecule has 0 aromatic heterocycles. The second kappa shape index (κ2) is 20.4. The summed E-state index contributed by atoms with van der Waals surface area (Å²) >= 11 is 0. The molecule has 0 amide bonds. The van der Waals surface area contributed by atoms with Gasteiger partial charge in [-0.2, -0.15) is 0 Å². The monoisotopic (exact) mass is 828 g/mol. The van der Waals surface area contributed by atoms with Crippen LogP contribution in [-0.4, -0.2) is 35.3 Å². The van der Waals surface area contributed by atoms with Crippen molar-refractivity contribution in [2.24, 2.45) is 0 Å². The molecule has 0 atom stereocenters. The second-order valence-electron chi connectivity index (χ2n) is 13.9. The van der Waals surface area contributed by atoms with E-state index in [4.69, 9.17) is 14.2 Å². The van der Waals surface area contributed by atoms with Gasteiger partial charge in [0.05, 0.1) is 16.7 Å². The molecule has 7 aromatic rings. The van der Waals surface area contributed by atoms with Crippen molar-refractivity contribution in [3.8, 4) is 17.2 Å². The van der Waals surface area contributed by atoms with Crippen LogP contribution in [0.25, 0.3) is 18.2 Å². The lowest BCUT2D eigenvalue weighted by Crippen LogP contribution is -2.12. The van der Waals surface area contributed by atoms with Gasteiger partial charge in [0.15, 0.2) is 17.3 Å². The van der Waals surface area contributed by atoms with Crippen molar-refractivity contribution in [2.45, 2.75) is 0 Å². The maximum atomic E-state index is 13.3. The molecule has 0 N–H and O–H groups in total. The minimum Gasteiger partial charge on any atom is -0.423 e. The Morgan fingerprint density at radius 1 is 0.286 bits per heavy atom. The Kier molecular flexibility index (Phi) is 13.7. The molecule has 63 heavy (non-hydrogen) atoms. The Balaban J connectivity index is 1.06. The highest BCUT2D eigenvalue weighted by Crippen LogP contribution is 2.30. The second-order valence-corrected chi connectivity index (χ2v) is 13.9. The average Bonchev–Trinajstić information content (AvgIpc) is 3.32.